The summed E-state index contributed by atoms with van der Waals surface area (Å²) in [5, 5.41) is 2.82. The van der Waals surface area contributed by atoms with Gasteiger partial charge in [-0.2, -0.15) is 0 Å². The van der Waals surface area contributed by atoms with Crippen molar-refractivity contribution >= 4 is 5.69 Å². The lowest BCUT2D eigenvalue weighted by atomic mass is 10.2. The van der Waals surface area contributed by atoms with Gasteiger partial charge in [-0.1, -0.05) is 18.2 Å². The second kappa shape index (κ2) is 4.91. The fourth-order valence-electron chi connectivity index (χ4n) is 1.48. The van der Waals surface area contributed by atoms with Gasteiger partial charge in [0.1, 0.15) is 5.82 Å². The molecular weight excluding hydrogens is 227 g/mol. The molecule has 17 heavy (non-hydrogen) atoms. The summed E-state index contributed by atoms with van der Waals surface area (Å²) in [4.78, 5) is 0. The summed E-state index contributed by atoms with van der Waals surface area (Å²) in [6.07, 6.45) is 0. The summed E-state index contributed by atoms with van der Waals surface area (Å²) in [6.45, 7) is 0.104. The third-order valence-corrected chi connectivity index (χ3v) is 2.34. The van der Waals surface area contributed by atoms with Crippen LogP contribution in [0.2, 0.25) is 0 Å². The Morgan fingerprint density at radius 3 is 2.47 bits per heavy atom. The van der Waals surface area contributed by atoms with E-state index in [1.165, 1.54) is 24.3 Å². The summed E-state index contributed by atoms with van der Waals surface area (Å²) >= 11 is 0. The molecule has 0 spiro atoms. The quantitative estimate of drug-likeness (QED) is 0.857. The van der Waals surface area contributed by atoms with Gasteiger partial charge in [0, 0.05) is 17.8 Å². The van der Waals surface area contributed by atoms with Crippen LogP contribution in [0.15, 0.2) is 42.5 Å². The highest BCUT2D eigenvalue weighted by Crippen LogP contribution is 2.14. The summed E-state index contributed by atoms with van der Waals surface area (Å²) in [6, 6.07) is 9.76. The predicted octanol–water partition coefficient (Wildman–Crippen LogP) is 3.72. The Kier molecular flexibility index (Phi) is 3.32. The molecule has 1 nitrogen and oxygen atoms in total. The maximum absolute atomic E-state index is 13.3. The lowest BCUT2D eigenvalue weighted by Gasteiger charge is -2.07. The summed E-state index contributed by atoms with van der Waals surface area (Å²) in [5.74, 6) is -2.14. The van der Waals surface area contributed by atoms with Gasteiger partial charge >= 0.3 is 0 Å². The second-order valence-corrected chi connectivity index (χ2v) is 3.58. The van der Waals surface area contributed by atoms with Gasteiger partial charge in [-0.3, -0.25) is 0 Å². The molecule has 88 valence electrons. The first-order valence-electron chi connectivity index (χ1n) is 5.09. The van der Waals surface area contributed by atoms with Crippen molar-refractivity contribution in [3.8, 4) is 0 Å². The molecule has 0 aliphatic rings. The molecule has 0 saturated heterocycles. The van der Waals surface area contributed by atoms with Gasteiger partial charge in [0.15, 0.2) is 11.6 Å². The average Bonchev–Trinajstić information content (AvgIpc) is 2.31. The maximum Gasteiger partial charge on any atom is 0.163 e. The summed E-state index contributed by atoms with van der Waals surface area (Å²) < 4.78 is 39.1. The Balaban J connectivity index is 2.10. The molecule has 0 saturated carbocycles. The Labute approximate surface area is 96.9 Å². The largest absolute Gasteiger partial charge is 0.381 e. The SMILES string of the molecule is Fc1cccc(NCc2cccc(F)c2F)c1. The van der Waals surface area contributed by atoms with Crippen LogP contribution < -0.4 is 5.32 Å². The molecule has 2 rings (SSSR count). The molecule has 0 aliphatic carbocycles. The highest BCUT2D eigenvalue weighted by atomic mass is 19.2. The molecule has 0 heterocycles. The molecule has 2 aromatic carbocycles. The minimum Gasteiger partial charge on any atom is -0.381 e. The monoisotopic (exact) mass is 237 g/mol. The van der Waals surface area contributed by atoms with E-state index in [9.17, 15) is 13.2 Å². The molecular formula is C13H10F3N. The van der Waals surface area contributed by atoms with E-state index in [2.05, 4.69) is 5.32 Å². The highest BCUT2D eigenvalue weighted by Gasteiger charge is 2.06. The molecule has 2 aromatic rings. The van der Waals surface area contributed by atoms with Crippen molar-refractivity contribution in [2.24, 2.45) is 0 Å². The summed E-state index contributed by atoms with van der Waals surface area (Å²) in [5.41, 5.74) is 0.725. The Bertz CT molecular complexity index is 526. The van der Waals surface area contributed by atoms with Crippen LogP contribution in [0, 0.1) is 17.5 Å². The number of halogens is 3. The van der Waals surface area contributed by atoms with Crippen LogP contribution in [0.5, 0.6) is 0 Å². The molecule has 4 heteroatoms. The Hall–Kier alpha value is -1.97. The average molecular weight is 237 g/mol. The van der Waals surface area contributed by atoms with Gasteiger partial charge in [0.05, 0.1) is 0 Å². The smallest absolute Gasteiger partial charge is 0.163 e. The fraction of sp³-hybridized carbons (Fsp3) is 0.0769. The van der Waals surface area contributed by atoms with E-state index in [-0.39, 0.29) is 17.9 Å². The number of nitrogens with one attached hydrogen (secondary N) is 1. The first-order chi connectivity index (χ1) is 8.16. The van der Waals surface area contributed by atoms with Crippen LogP contribution in [-0.4, -0.2) is 0 Å². The topological polar surface area (TPSA) is 12.0 Å². The van der Waals surface area contributed by atoms with Crippen LogP contribution in [0.3, 0.4) is 0 Å². The third kappa shape index (κ3) is 2.78. The van der Waals surface area contributed by atoms with E-state index in [0.717, 1.165) is 6.07 Å². The molecule has 0 amide bonds. The van der Waals surface area contributed by atoms with Crippen molar-refractivity contribution in [3.63, 3.8) is 0 Å². The second-order valence-electron chi connectivity index (χ2n) is 3.58. The zero-order chi connectivity index (χ0) is 12.3. The number of hydrogen-bond acceptors (Lipinski definition) is 1. The molecule has 0 bridgehead atoms. The lowest BCUT2D eigenvalue weighted by Crippen LogP contribution is -2.03. The van der Waals surface area contributed by atoms with Crippen LogP contribution in [0.25, 0.3) is 0 Å². The van der Waals surface area contributed by atoms with Crippen molar-refractivity contribution in [2.75, 3.05) is 5.32 Å². The Morgan fingerprint density at radius 2 is 1.71 bits per heavy atom. The van der Waals surface area contributed by atoms with Gasteiger partial charge in [-0.25, -0.2) is 13.2 Å². The highest BCUT2D eigenvalue weighted by molar-refractivity contribution is 5.43. The van der Waals surface area contributed by atoms with Gasteiger partial charge in [0.2, 0.25) is 0 Å². The van der Waals surface area contributed by atoms with Crippen molar-refractivity contribution < 1.29 is 13.2 Å². The third-order valence-electron chi connectivity index (χ3n) is 2.34. The number of anilines is 1. The van der Waals surface area contributed by atoms with Crippen LogP contribution >= 0.6 is 0 Å². The first kappa shape index (κ1) is 11.5. The molecule has 0 radical (unpaired) electrons. The molecule has 1 N–H and O–H groups in total. The van der Waals surface area contributed by atoms with E-state index >= 15 is 0 Å². The van der Waals surface area contributed by atoms with Crippen molar-refractivity contribution in [3.05, 3.63) is 65.5 Å². The van der Waals surface area contributed by atoms with Gasteiger partial charge in [0.25, 0.3) is 0 Å². The van der Waals surface area contributed by atoms with E-state index in [1.807, 2.05) is 0 Å². The standard InChI is InChI=1S/C13H10F3N/c14-10-4-2-5-11(7-10)17-8-9-3-1-6-12(15)13(9)16/h1-7,17H,8H2. The van der Waals surface area contributed by atoms with Gasteiger partial charge in [-0.05, 0) is 24.3 Å². The minimum absolute atomic E-state index is 0.104. The van der Waals surface area contributed by atoms with Crippen LogP contribution in [0.4, 0.5) is 18.9 Å². The van der Waals surface area contributed by atoms with Crippen molar-refractivity contribution in [1.82, 2.24) is 0 Å². The first-order valence-corrected chi connectivity index (χ1v) is 5.09. The lowest BCUT2D eigenvalue weighted by molar-refractivity contribution is 0.500. The molecule has 0 fully saturated rings. The Morgan fingerprint density at radius 1 is 0.941 bits per heavy atom. The van der Waals surface area contributed by atoms with Crippen molar-refractivity contribution in [2.45, 2.75) is 6.54 Å². The normalized spacial score (nSPS) is 10.3. The van der Waals surface area contributed by atoms with Crippen molar-refractivity contribution in [1.29, 1.82) is 0 Å². The molecule has 0 aliphatic heterocycles. The zero-order valence-corrected chi connectivity index (χ0v) is 8.88. The zero-order valence-electron chi connectivity index (χ0n) is 8.88. The predicted molar refractivity (Wildman–Crippen MR) is 60.1 cm³/mol. The molecule has 0 atom stereocenters. The van der Waals surface area contributed by atoms with Crippen LogP contribution in [0.1, 0.15) is 5.56 Å². The van der Waals surface area contributed by atoms with Gasteiger partial charge < -0.3 is 5.32 Å². The van der Waals surface area contributed by atoms with E-state index in [0.29, 0.717) is 5.69 Å². The van der Waals surface area contributed by atoms with E-state index < -0.39 is 11.6 Å². The number of benzene rings is 2. The van der Waals surface area contributed by atoms with E-state index in [1.54, 1.807) is 12.1 Å². The van der Waals surface area contributed by atoms with Crippen LogP contribution in [-0.2, 0) is 6.54 Å². The number of rotatable bonds is 3. The molecule has 0 aromatic heterocycles. The number of hydrogen-bond donors (Lipinski definition) is 1. The maximum atomic E-state index is 13.3. The van der Waals surface area contributed by atoms with Gasteiger partial charge in [-0.15, -0.1) is 0 Å². The van der Waals surface area contributed by atoms with E-state index in [4.69, 9.17) is 0 Å². The fourth-order valence-corrected chi connectivity index (χ4v) is 1.48. The minimum atomic E-state index is -0.886. The summed E-state index contributed by atoms with van der Waals surface area (Å²) in [7, 11) is 0. The molecule has 0 unspecified atom stereocenters.